The van der Waals surface area contributed by atoms with Gasteiger partial charge in [-0.3, -0.25) is 19.8 Å². The Morgan fingerprint density at radius 2 is 1.47 bits per heavy atom. The van der Waals surface area contributed by atoms with E-state index in [9.17, 15) is 9.59 Å². The van der Waals surface area contributed by atoms with E-state index in [-0.39, 0.29) is 5.97 Å². The van der Waals surface area contributed by atoms with Gasteiger partial charge in [-0.1, -0.05) is 24.3 Å². The molecule has 0 spiro atoms. The van der Waals surface area contributed by atoms with Gasteiger partial charge in [0.2, 0.25) is 0 Å². The number of fused-ring (bicyclic) bond motifs is 3. The molecule has 0 bridgehead atoms. The lowest BCUT2D eigenvalue weighted by molar-refractivity contribution is 0.0535. The summed E-state index contributed by atoms with van der Waals surface area (Å²) in [5.74, 6) is -0.274. The number of hydrogen-bond acceptors (Lipinski definition) is 6. The van der Waals surface area contributed by atoms with Crippen LogP contribution in [-0.2, 0) is 11.3 Å². The van der Waals surface area contributed by atoms with Crippen LogP contribution in [-0.4, -0.2) is 28.4 Å². The molecule has 3 heterocycles. The highest BCUT2D eigenvalue weighted by Crippen LogP contribution is 2.29. The van der Waals surface area contributed by atoms with Crippen molar-refractivity contribution in [2.75, 3.05) is 0 Å². The van der Waals surface area contributed by atoms with E-state index >= 15 is 0 Å². The monoisotopic (exact) mass is 445 g/mol. The zero-order chi connectivity index (χ0) is 23.3. The minimum absolute atomic E-state index is 0.274. The molecular formula is C28H19N3O3. The molecule has 0 atom stereocenters. The molecule has 0 fully saturated rings. The summed E-state index contributed by atoms with van der Waals surface area (Å²) in [6, 6.07) is 24.6. The number of nitrogens with zero attached hydrogens (tertiary/aromatic N) is 3. The topological polar surface area (TPSA) is 81.5 Å². The highest BCUT2D eigenvalue weighted by Gasteiger charge is 2.23. The van der Waals surface area contributed by atoms with Crippen LogP contribution < -0.4 is 0 Å². The Labute approximate surface area is 195 Å². The number of aldehydes is 1. The van der Waals surface area contributed by atoms with Gasteiger partial charge in [0.25, 0.3) is 0 Å². The number of aromatic nitrogens is 2. The Kier molecular flexibility index (Phi) is 5.86. The molecule has 0 saturated carbocycles. The van der Waals surface area contributed by atoms with Crippen molar-refractivity contribution in [2.24, 2.45) is 4.99 Å². The number of esters is 1. The molecule has 6 rings (SSSR count). The molecule has 164 valence electrons. The van der Waals surface area contributed by atoms with Gasteiger partial charge in [0.05, 0.1) is 22.3 Å². The fraction of sp³-hybridized carbons (Fsp3) is 0.0357. The molecule has 1 aliphatic heterocycles. The van der Waals surface area contributed by atoms with Crippen LogP contribution in [0.1, 0.15) is 31.8 Å². The summed E-state index contributed by atoms with van der Waals surface area (Å²) >= 11 is 0. The van der Waals surface area contributed by atoms with E-state index in [0.29, 0.717) is 17.7 Å². The average Bonchev–Trinajstić information content (AvgIpc) is 3.28. The summed E-state index contributed by atoms with van der Waals surface area (Å²) in [5, 5.41) is 2.07. The van der Waals surface area contributed by atoms with Gasteiger partial charge < -0.3 is 4.74 Å². The number of hydrogen-bond donors (Lipinski definition) is 0. The van der Waals surface area contributed by atoms with E-state index in [1.807, 2.05) is 66.7 Å². The highest BCUT2D eigenvalue weighted by atomic mass is 16.5. The molecule has 5 aromatic rings. The lowest BCUT2D eigenvalue weighted by Gasteiger charge is -2.01. The zero-order valence-corrected chi connectivity index (χ0v) is 18.1. The van der Waals surface area contributed by atoms with E-state index in [2.05, 4.69) is 15.0 Å². The maximum Gasteiger partial charge on any atom is 0.338 e. The van der Waals surface area contributed by atoms with Crippen molar-refractivity contribution < 1.29 is 14.3 Å². The van der Waals surface area contributed by atoms with Crippen LogP contribution >= 0.6 is 0 Å². The summed E-state index contributed by atoms with van der Waals surface area (Å²) in [4.78, 5) is 34.9. The van der Waals surface area contributed by atoms with Gasteiger partial charge in [0.1, 0.15) is 12.9 Å². The van der Waals surface area contributed by atoms with E-state index in [0.717, 1.165) is 44.9 Å². The molecule has 0 radical (unpaired) electrons. The zero-order valence-electron chi connectivity index (χ0n) is 18.1. The van der Waals surface area contributed by atoms with Crippen LogP contribution in [0.2, 0.25) is 0 Å². The number of rotatable bonds is 3. The number of carbonyl (C=O) groups is 2. The van der Waals surface area contributed by atoms with Gasteiger partial charge in [0, 0.05) is 40.5 Å². The SMILES string of the molecule is O=C1OCc2c(N=Cc3ccc4ncccc4c3)cccc21.O=Cc1ccc2ncccc2c1. The Bertz CT molecular complexity index is 1560. The molecular weight excluding hydrogens is 426 g/mol. The first kappa shape index (κ1) is 21.2. The third-order valence-electron chi connectivity index (χ3n) is 5.46. The van der Waals surface area contributed by atoms with Crippen molar-refractivity contribution in [1.82, 2.24) is 9.97 Å². The van der Waals surface area contributed by atoms with Crippen molar-refractivity contribution in [2.45, 2.75) is 6.61 Å². The standard InChI is InChI=1S/C18H12N2O2.C10H7NO/c21-18-14-4-1-5-17(15(14)11-22-18)20-10-12-6-7-16-13(9-12)3-2-8-19-16;12-7-8-3-4-10-9(6-8)2-1-5-11-10/h1-10H,11H2;1-7H. The number of ether oxygens (including phenoxy) is 1. The van der Waals surface area contributed by atoms with E-state index < -0.39 is 0 Å². The maximum atomic E-state index is 11.6. The third kappa shape index (κ3) is 4.42. The molecule has 0 aliphatic carbocycles. The molecule has 1 aliphatic rings. The van der Waals surface area contributed by atoms with Crippen molar-refractivity contribution in [1.29, 1.82) is 0 Å². The van der Waals surface area contributed by atoms with Crippen LogP contribution in [0.3, 0.4) is 0 Å². The van der Waals surface area contributed by atoms with Crippen molar-refractivity contribution >= 4 is 46.0 Å². The first-order valence-corrected chi connectivity index (χ1v) is 10.7. The summed E-state index contributed by atoms with van der Waals surface area (Å²) in [6.45, 7) is 0.295. The first-order chi connectivity index (χ1) is 16.7. The van der Waals surface area contributed by atoms with Crippen LogP contribution in [0.5, 0.6) is 0 Å². The quantitative estimate of drug-likeness (QED) is 0.202. The van der Waals surface area contributed by atoms with Crippen LogP contribution in [0, 0.1) is 0 Å². The average molecular weight is 445 g/mol. The number of aliphatic imine (C=N–C) groups is 1. The number of cyclic esters (lactones) is 1. The molecule has 2 aromatic heterocycles. The predicted octanol–water partition coefficient (Wildman–Crippen LogP) is 5.70. The lowest BCUT2D eigenvalue weighted by atomic mass is 10.1. The molecule has 34 heavy (non-hydrogen) atoms. The second-order valence-electron chi connectivity index (χ2n) is 7.67. The minimum Gasteiger partial charge on any atom is -0.457 e. The van der Waals surface area contributed by atoms with Gasteiger partial charge >= 0.3 is 5.97 Å². The second kappa shape index (κ2) is 9.42. The molecule has 0 saturated heterocycles. The van der Waals surface area contributed by atoms with Gasteiger partial charge in [0.15, 0.2) is 0 Å². The normalized spacial score (nSPS) is 12.3. The number of benzene rings is 3. The maximum absolute atomic E-state index is 11.6. The summed E-state index contributed by atoms with van der Waals surface area (Å²) < 4.78 is 5.05. The van der Waals surface area contributed by atoms with Crippen molar-refractivity contribution in [3.63, 3.8) is 0 Å². The molecule has 6 nitrogen and oxygen atoms in total. The first-order valence-electron chi connectivity index (χ1n) is 10.7. The summed E-state index contributed by atoms with van der Waals surface area (Å²) in [6.07, 6.45) is 6.15. The van der Waals surface area contributed by atoms with E-state index in [1.165, 1.54) is 0 Å². The Morgan fingerprint density at radius 3 is 2.18 bits per heavy atom. The molecule has 6 heteroatoms. The number of carbonyl (C=O) groups excluding carboxylic acids is 2. The summed E-state index contributed by atoms with van der Waals surface area (Å²) in [5.41, 5.74) is 5.79. The van der Waals surface area contributed by atoms with Crippen LogP contribution in [0.15, 0.2) is 96.2 Å². The largest absolute Gasteiger partial charge is 0.457 e. The molecule has 0 N–H and O–H groups in total. The van der Waals surface area contributed by atoms with E-state index in [1.54, 1.807) is 30.7 Å². The van der Waals surface area contributed by atoms with Crippen LogP contribution in [0.25, 0.3) is 21.8 Å². The minimum atomic E-state index is -0.274. The van der Waals surface area contributed by atoms with Gasteiger partial charge in [-0.2, -0.15) is 0 Å². The van der Waals surface area contributed by atoms with Gasteiger partial charge in [-0.15, -0.1) is 0 Å². The molecule has 3 aromatic carbocycles. The van der Waals surface area contributed by atoms with Gasteiger partial charge in [-0.25, -0.2) is 4.79 Å². The van der Waals surface area contributed by atoms with E-state index in [4.69, 9.17) is 4.74 Å². The highest BCUT2D eigenvalue weighted by molar-refractivity contribution is 5.96. The van der Waals surface area contributed by atoms with Crippen LogP contribution in [0.4, 0.5) is 5.69 Å². The fourth-order valence-corrected chi connectivity index (χ4v) is 3.74. The van der Waals surface area contributed by atoms with Crippen molar-refractivity contribution in [3.05, 3.63) is 114 Å². The smallest absolute Gasteiger partial charge is 0.338 e. The molecule has 0 amide bonds. The van der Waals surface area contributed by atoms with Crippen molar-refractivity contribution in [3.8, 4) is 0 Å². The van der Waals surface area contributed by atoms with Gasteiger partial charge in [-0.05, 0) is 60.2 Å². The predicted molar refractivity (Wildman–Crippen MR) is 132 cm³/mol. The third-order valence-corrected chi connectivity index (χ3v) is 5.46. The Morgan fingerprint density at radius 1 is 0.794 bits per heavy atom. The Balaban J connectivity index is 0.000000169. The summed E-state index contributed by atoms with van der Waals surface area (Å²) in [7, 11) is 0. The lowest BCUT2D eigenvalue weighted by Crippen LogP contribution is -1.92. The number of pyridine rings is 2. The molecule has 0 unspecified atom stereocenters. The second-order valence-corrected chi connectivity index (χ2v) is 7.67. The Hall–Kier alpha value is -4.71. The fourth-order valence-electron chi connectivity index (χ4n) is 3.74.